The first-order chi connectivity index (χ1) is 5.85. The van der Waals surface area contributed by atoms with Gasteiger partial charge in [0.15, 0.2) is 0 Å². The smallest absolute Gasteiger partial charge is 0.0589 e. The standard InChI is InChI=1S/C9H20INO/c1-3-4-6-11(7-5-10)8-9-12-2/h3-9H2,1-2H3. The van der Waals surface area contributed by atoms with E-state index < -0.39 is 0 Å². The van der Waals surface area contributed by atoms with Gasteiger partial charge in [-0.1, -0.05) is 35.9 Å². The Morgan fingerprint density at radius 1 is 1.25 bits per heavy atom. The third-order valence-electron chi connectivity index (χ3n) is 1.84. The average molecular weight is 285 g/mol. The zero-order valence-electron chi connectivity index (χ0n) is 8.18. The van der Waals surface area contributed by atoms with Crippen LogP contribution >= 0.6 is 22.6 Å². The molecular formula is C9H20INO. The van der Waals surface area contributed by atoms with Gasteiger partial charge in [-0.3, -0.25) is 0 Å². The monoisotopic (exact) mass is 285 g/mol. The van der Waals surface area contributed by atoms with E-state index in [1.807, 2.05) is 0 Å². The second-order valence-electron chi connectivity index (χ2n) is 2.88. The van der Waals surface area contributed by atoms with Gasteiger partial charge in [-0.05, 0) is 13.0 Å². The van der Waals surface area contributed by atoms with Gasteiger partial charge in [0.05, 0.1) is 6.61 Å². The number of hydrogen-bond acceptors (Lipinski definition) is 2. The molecule has 0 aromatic heterocycles. The van der Waals surface area contributed by atoms with Gasteiger partial charge in [-0.15, -0.1) is 0 Å². The summed E-state index contributed by atoms with van der Waals surface area (Å²) >= 11 is 2.42. The number of halogens is 1. The van der Waals surface area contributed by atoms with Crippen molar-refractivity contribution >= 4 is 22.6 Å². The van der Waals surface area contributed by atoms with Crippen LogP contribution in [0.3, 0.4) is 0 Å². The van der Waals surface area contributed by atoms with Crippen LogP contribution < -0.4 is 0 Å². The number of ether oxygens (including phenoxy) is 1. The molecule has 0 amide bonds. The third kappa shape index (κ3) is 7.31. The predicted octanol–water partition coefficient (Wildman–Crippen LogP) is 2.17. The fourth-order valence-electron chi connectivity index (χ4n) is 1.06. The molecule has 3 heteroatoms. The van der Waals surface area contributed by atoms with Gasteiger partial charge in [0.25, 0.3) is 0 Å². The molecule has 0 N–H and O–H groups in total. The van der Waals surface area contributed by atoms with E-state index in [0.29, 0.717) is 0 Å². The lowest BCUT2D eigenvalue weighted by molar-refractivity contribution is 0.151. The number of unbranched alkanes of at least 4 members (excludes halogenated alkanes) is 1. The van der Waals surface area contributed by atoms with Crippen LogP contribution in [0.2, 0.25) is 0 Å². The van der Waals surface area contributed by atoms with Gasteiger partial charge in [0.1, 0.15) is 0 Å². The molecule has 0 spiro atoms. The van der Waals surface area contributed by atoms with Crippen LogP contribution in [0, 0.1) is 0 Å². The number of alkyl halides is 1. The van der Waals surface area contributed by atoms with Gasteiger partial charge < -0.3 is 9.64 Å². The Morgan fingerprint density at radius 2 is 2.00 bits per heavy atom. The fourth-order valence-corrected chi connectivity index (χ4v) is 1.74. The minimum absolute atomic E-state index is 0.861. The lowest BCUT2D eigenvalue weighted by atomic mass is 10.3. The second kappa shape index (κ2) is 9.74. The van der Waals surface area contributed by atoms with Crippen molar-refractivity contribution in [2.45, 2.75) is 19.8 Å². The summed E-state index contributed by atoms with van der Waals surface area (Å²) in [6.07, 6.45) is 2.59. The molecule has 0 saturated carbocycles. The lowest BCUT2D eigenvalue weighted by Gasteiger charge is -2.20. The molecule has 0 saturated heterocycles. The van der Waals surface area contributed by atoms with Crippen LogP contribution in [-0.2, 0) is 4.74 Å². The summed E-state index contributed by atoms with van der Waals surface area (Å²) in [5.74, 6) is 0. The fraction of sp³-hybridized carbons (Fsp3) is 1.00. The molecule has 0 atom stereocenters. The molecule has 0 heterocycles. The van der Waals surface area contributed by atoms with E-state index in [1.54, 1.807) is 7.11 Å². The number of rotatable bonds is 8. The van der Waals surface area contributed by atoms with Crippen LogP contribution in [-0.4, -0.2) is 42.7 Å². The molecule has 0 bridgehead atoms. The quantitative estimate of drug-likeness (QED) is 0.500. The van der Waals surface area contributed by atoms with Crippen molar-refractivity contribution in [3.63, 3.8) is 0 Å². The molecule has 74 valence electrons. The Hall–Kier alpha value is 0.650. The topological polar surface area (TPSA) is 12.5 Å². The van der Waals surface area contributed by atoms with E-state index in [0.717, 1.165) is 13.2 Å². The molecule has 0 rings (SSSR count). The van der Waals surface area contributed by atoms with Crippen molar-refractivity contribution < 1.29 is 4.74 Å². The maximum absolute atomic E-state index is 5.05. The highest BCUT2D eigenvalue weighted by atomic mass is 127. The molecule has 12 heavy (non-hydrogen) atoms. The molecule has 0 unspecified atom stereocenters. The summed E-state index contributed by atoms with van der Waals surface area (Å²) < 4.78 is 6.27. The second-order valence-corrected chi connectivity index (χ2v) is 3.96. The van der Waals surface area contributed by atoms with Crippen molar-refractivity contribution in [1.29, 1.82) is 0 Å². The average Bonchev–Trinajstić information content (AvgIpc) is 2.10. The number of nitrogens with zero attached hydrogens (tertiary/aromatic N) is 1. The molecule has 0 aliphatic rings. The van der Waals surface area contributed by atoms with Crippen LogP contribution in [0.5, 0.6) is 0 Å². The van der Waals surface area contributed by atoms with E-state index in [-0.39, 0.29) is 0 Å². The summed E-state index contributed by atoms with van der Waals surface area (Å²) in [5, 5.41) is 0. The summed E-state index contributed by atoms with van der Waals surface area (Å²) in [7, 11) is 1.77. The van der Waals surface area contributed by atoms with Crippen molar-refractivity contribution in [1.82, 2.24) is 4.90 Å². The lowest BCUT2D eigenvalue weighted by Crippen LogP contribution is -2.30. The maximum Gasteiger partial charge on any atom is 0.0589 e. The largest absolute Gasteiger partial charge is 0.383 e. The Morgan fingerprint density at radius 3 is 2.50 bits per heavy atom. The Balaban J connectivity index is 3.40. The van der Waals surface area contributed by atoms with E-state index in [1.165, 1.54) is 30.4 Å². The van der Waals surface area contributed by atoms with E-state index in [2.05, 4.69) is 34.4 Å². The van der Waals surface area contributed by atoms with E-state index >= 15 is 0 Å². The Bertz CT molecular complexity index is 82.6. The minimum atomic E-state index is 0.861. The minimum Gasteiger partial charge on any atom is -0.383 e. The van der Waals surface area contributed by atoms with Gasteiger partial charge in [0.2, 0.25) is 0 Å². The molecular weight excluding hydrogens is 265 g/mol. The van der Waals surface area contributed by atoms with Gasteiger partial charge in [0, 0.05) is 24.6 Å². The van der Waals surface area contributed by atoms with Crippen LogP contribution in [0.4, 0.5) is 0 Å². The first-order valence-electron chi connectivity index (χ1n) is 4.62. The first kappa shape index (κ1) is 12.7. The Labute approximate surface area is 89.8 Å². The summed E-state index contributed by atoms with van der Waals surface area (Å²) in [6.45, 7) is 6.60. The zero-order chi connectivity index (χ0) is 9.23. The van der Waals surface area contributed by atoms with Crippen molar-refractivity contribution in [2.75, 3.05) is 37.8 Å². The SMILES string of the molecule is CCCCN(CCI)CCOC. The highest BCUT2D eigenvalue weighted by Crippen LogP contribution is 1.96. The van der Waals surface area contributed by atoms with Gasteiger partial charge in [-0.25, -0.2) is 0 Å². The highest BCUT2D eigenvalue weighted by Gasteiger charge is 2.01. The maximum atomic E-state index is 5.05. The molecule has 2 nitrogen and oxygen atoms in total. The van der Waals surface area contributed by atoms with Crippen LogP contribution in [0.15, 0.2) is 0 Å². The van der Waals surface area contributed by atoms with Crippen LogP contribution in [0.25, 0.3) is 0 Å². The van der Waals surface area contributed by atoms with Crippen LogP contribution in [0.1, 0.15) is 19.8 Å². The Kier molecular flexibility index (Phi) is 10.3. The summed E-state index contributed by atoms with van der Waals surface area (Å²) in [4.78, 5) is 2.47. The zero-order valence-corrected chi connectivity index (χ0v) is 10.3. The molecule has 0 aromatic carbocycles. The van der Waals surface area contributed by atoms with Crippen molar-refractivity contribution in [2.24, 2.45) is 0 Å². The normalized spacial score (nSPS) is 11.0. The molecule has 0 aliphatic heterocycles. The third-order valence-corrected chi connectivity index (χ3v) is 2.32. The van der Waals surface area contributed by atoms with E-state index in [4.69, 9.17) is 4.74 Å². The number of methoxy groups -OCH3 is 1. The van der Waals surface area contributed by atoms with Crippen molar-refractivity contribution in [3.8, 4) is 0 Å². The van der Waals surface area contributed by atoms with Crippen molar-refractivity contribution in [3.05, 3.63) is 0 Å². The van der Waals surface area contributed by atoms with Gasteiger partial charge in [-0.2, -0.15) is 0 Å². The first-order valence-corrected chi connectivity index (χ1v) is 6.15. The van der Waals surface area contributed by atoms with E-state index in [9.17, 15) is 0 Å². The molecule has 0 aliphatic carbocycles. The number of hydrogen-bond donors (Lipinski definition) is 0. The van der Waals surface area contributed by atoms with Gasteiger partial charge >= 0.3 is 0 Å². The summed E-state index contributed by atoms with van der Waals surface area (Å²) in [6, 6.07) is 0. The molecule has 0 aromatic rings. The highest BCUT2D eigenvalue weighted by molar-refractivity contribution is 14.1. The molecule has 0 radical (unpaired) electrons. The summed E-state index contributed by atoms with van der Waals surface area (Å²) in [5.41, 5.74) is 0. The predicted molar refractivity (Wildman–Crippen MR) is 62.1 cm³/mol. The molecule has 0 fully saturated rings.